The number of likely N-dealkylation sites (N-methyl/N-ethyl adjacent to an activating group) is 1. The van der Waals surface area contributed by atoms with Crippen LogP contribution >= 0.6 is 0 Å². The number of halogens is 1. The van der Waals surface area contributed by atoms with E-state index in [1.165, 1.54) is 28.6 Å². The number of amides is 1. The number of fused-ring (bicyclic) bond motifs is 1. The van der Waals surface area contributed by atoms with Gasteiger partial charge >= 0.3 is 0 Å². The van der Waals surface area contributed by atoms with Gasteiger partial charge in [-0.05, 0) is 56.3 Å². The fraction of sp³-hybridized carbons (Fsp3) is 0.348. The second-order valence-electron chi connectivity index (χ2n) is 7.99. The maximum absolute atomic E-state index is 13.2. The monoisotopic (exact) mass is 379 g/mol. The third-order valence-electron chi connectivity index (χ3n) is 5.95. The standard InChI is InChI=1S/C23H26FN3O/c1-26(2)21(19-15-27(3)20-7-5-4-6-18(19)20)14-25-22(28)23(12-13-23)16-8-10-17(24)11-9-16/h4-11,15,21H,12-14H2,1-3H3,(H,25,28). The summed E-state index contributed by atoms with van der Waals surface area (Å²) in [5, 5.41) is 4.37. The first-order valence-corrected chi connectivity index (χ1v) is 9.67. The van der Waals surface area contributed by atoms with Crippen LogP contribution in [0.15, 0.2) is 54.7 Å². The van der Waals surface area contributed by atoms with Crippen LogP contribution in [0.1, 0.15) is 30.0 Å². The number of hydrogen-bond donors (Lipinski definition) is 1. The number of aryl methyl sites for hydroxylation is 1. The Hall–Kier alpha value is -2.66. The predicted molar refractivity (Wildman–Crippen MR) is 110 cm³/mol. The van der Waals surface area contributed by atoms with Crippen molar-refractivity contribution in [1.29, 1.82) is 0 Å². The van der Waals surface area contributed by atoms with Crippen molar-refractivity contribution < 1.29 is 9.18 Å². The van der Waals surface area contributed by atoms with E-state index in [0.717, 1.165) is 18.4 Å². The molecule has 1 fully saturated rings. The fourth-order valence-corrected chi connectivity index (χ4v) is 4.11. The zero-order chi connectivity index (χ0) is 19.9. The molecule has 1 N–H and O–H groups in total. The molecule has 4 nitrogen and oxygen atoms in total. The van der Waals surface area contributed by atoms with E-state index in [2.05, 4.69) is 33.1 Å². The first-order chi connectivity index (χ1) is 13.4. The zero-order valence-corrected chi connectivity index (χ0v) is 16.6. The van der Waals surface area contributed by atoms with Crippen LogP contribution in [0.3, 0.4) is 0 Å². The van der Waals surface area contributed by atoms with E-state index in [9.17, 15) is 9.18 Å². The maximum atomic E-state index is 13.2. The first-order valence-electron chi connectivity index (χ1n) is 9.67. The van der Waals surface area contributed by atoms with Crippen LogP contribution < -0.4 is 5.32 Å². The normalized spacial score (nSPS) is 16.3. The summed E-state index contributed by atoms with van der Waals surface area (Å²) >= 11 is 0. The van der Waals surface area contributed by atoms with Crippen LogP contribution in [0.5, 0.6) is 0 Å². The van der Waals surface area contributed by atoms with Gasteiger partial charge in [0.25, 0.3) is 0 Å². The van der Waals surface area contributed by atoms with Crippen LogP contribution in [-0.2, 0) is 17.3 Å². The summed E-state index contributed by atoms with van der Waals surface area (Å²) in [7, 11) is 6.11. The van der Waals surface area contributed by atoms with Gasteiger partial charge in [0.1, 0.15) is 5.82 Å². The largest absolute Gasteiger partial charge is 0.353 e. The van der Waals surface area contributed by atoms with Gasteiger partial charge in [0.05, 0.1) is 11.5 Å². The van der Waals surface area contributed by atoms with Gasteiger partial charge in [-0.3, -0.25) is 4.79 Å². The minimum absolute atomic E-state index is 0.0335. The van der Waals surface area contributed by atoms with E-state index in [0.29, 0.717) is 6.54 Å². The smallest absolute Gasteiger partial charge is 0.230 e. The Morgan fingerprint density at radius 3 is 2.50 bits per heavy atom. The summed E-state index contributed by atoms with van der Waals surface area (Å²) in [5.74, 6) is -0.241. The van der Waals surface area contributed by atoms with Gasteiger partial charge in [0.2, 0.25) is 5.91 Å². The van der Waals surface area contributed by atoms with Gasteiger partial charge in [0, 0.05) is 30.7 Å². The second-order valence-corrected chi connectivity index (χ2v) is 7.99. The van der Waals surface area contributed by atoms with Gasteiger partial charge in [-0.2, -0.15) is 0 Å². The SMILES string of the molecule is CN(C)C(CNC(=O)C1(c2ccc(F)cc2)CC1)c1cn(C)c2ccccc12. The number of aromatic nitrogens is 1. The topological polar surface area (TPSA) is 37.3 Å². The summed E-state index contributed by atoms with van der Waals surface area (Å²) in [5.41, 5.74) is 2.79. The molecule has 1 heterocycles. The van der Waals surface area contributed by atoms with Crippen LogP contribution in [0.4, 0.5) is 4.39 Å². The van der Waals surface area contributed by atoms with E-state index in [-0.39, 0.29) is 17.8 Å². The van der Waals surface area contributed by atoms with Gasteiger partial charge in [0.15, 0.2) is 0 Å². The molecular formula is C23H26FN3O. The van der Waals surface area contributed by atoms with Crippen molar-refractivity contribution in [3.8, 4) is 0 Å². The van der Waals surface area contributed by atoms with Crippen LogP contribution in [0.25, 0.3) is 10.9 Å². The number of carbonyl (C=O) groups excluding carboxylic acids is 1. The maximum Gasteiger partial charge on any atom is 0.230 e. The Labute approximate surface area is 165 Å². The minimum atomic E-state index is -0.497. The van der Waals surface area contributed by atoms with E-state index in [1.54, 1.807) is 12.1 Å². The van der Waals surface area contributed by atoms with Gasteiger partial charge in [-0.1, -0.05) is 30.3 Å². The number of benzene rings is 2. The summed E-state index contributed by atoms with van der Waals surface area (Å²) in [4.78, 5) is 15.1. The Balaban J connectivity index is 1.55. The van der Waals surface area contributed by atoms with E-state index < -0.39 is 5.41 Å². The lowest BCUT2D eigenvalue weighted by atomic mass is 9.94. The predicted octanol–water partition coefficient (Wildman–Crippen LogP) is 3.77. The Kier molecular flexibility index (Phi) is 4.71. The highest BCUT2D eigenvalue weighted by molar-refractivity contribution is 5.91. The lowest BCUT2D eigenvalue weighted by Gasteiger charge is -2.26. The lowest BCUT2D eigenvalue weighted by Crippen LogP contribution is -2.40. The molecule has 146 valence electrons. The molecule has 1 aliphatic carbocycles. The molecule has 0 aliphatic heterocycles. The zero-order valence-electron chi connectivity index (χ0n) is 16.6. The minimum Gasteiger partial charge on any atom is -0.353 e. The third kappa shape index (κ3) is 3.20. The fourth-order valence-electron chi connectivity index (χ4n) is 4.11. The molecule has 1 saturated carbocycles. The van der Waals surface area contributed by atoms with Gasteiger partial charge in [-0.25, -0.2) is 4.39 Å². The quantitative estimate of drug-likeness (QED) is 0.708. The highest BCUT2D eigenvalue weighted by Gasteiger charge is 2.51. The van der Waals surface area contributed by atoms with Crippen LogP contribution in [0.2, 0.25) is 0 Å². The number of nitrogens with zero attached hydrogens (tertiary/aromatic N) is 2. The van der Waals surface area contributed by atoms with Crippen molar-refractivity contribution in [2.45, 2.75) is 24.3 Å². The number of nitrogens with one attached hydrogen (secondary N) is 1. The lowest BCUT2D eigenvalue weighted by molar-refractivity contribution is -0.123. The molecule has 28 heavy (non-hydrogen) atoms. The summed E-state index contributed by atoms with van der Waals surface area (Å²) in [6, 6.07) is 14.7. The average Bonchev–Trinajstić information content (AvgIpc) is 3.43. The van der Waals surface area contributed by atoms with Crippen molar-refractivity contribution in [3.63, 3.8) is 0 Å². The Morgan fingerprint density at radius 2 is 1.86 bits per heavy atom. The highest BCUT2D eigenvalue weighted by atomic mass is 19.1. The number of hydrogen-bond acceptors (Lipinski definition) is 2. The average molecular weight is 379 g/mol. The molecule has 4 rings (SSSR count). The summed E-state index contributed by atoms with van der Waals surface area (Å²) < 4.78 is 15.4. The molecule has 0 spiro atoms. The summed E-state index contributed by atoms with van der Waals surface area (Å²) in [6.45, 7) is 0.531. The molecule has 0 bridgehead atoms. The molecule has 2 aromatic carbocycles. The molecule has 5 heteroatoms. The van der Waals surface area contributed by atoms with Crippen molar-refractivity contribution in [2.75, 3.05) is 20.6 Å². The van der Waals surface area contributed by atoms with Gasteiger partial charge in [-0.15, -0.1) is 0 Å². The van der Waals surface area contributed by atoms with E-state index in [4.69, 9.17) is 0 Å². The molecule has 3 aromatic rings. The van der Waals surface area contributed by atoms with Crippen molar-refractivity contribution in [3.05, 3.63) is 71.7 Å². The molecule has 0 radical (unpaired) electrons. The molecule has 0 saturated heterocycles. The van der Waals surface area contributed by atoms with Crippen LogP contribution in [0, 0.1) is 5.82 Å². The number of carbonyl (C=O) groups is 1. The molecule has 1 aromatic heterocycles. The number of para-hydroxylation sites is 1. The van der Waals surface area contributed by atoms with E-state index >= 15 is 0 Å². The third-order valence-corrected chi connectivity index (χ3v) is 5.95. The second kappa shape index (κ2) is 7.06. The summed E-state index contributed by atoms with van der Waals surface area (Å²) in [6.07, 6.45) is 3.77. The molecule has 1 amide bonds. The van der Waals surface area contributed by atoms with Crippen LogP contribution in [-0.4, -0.2) is 36.0 Å². The van der Waals surface area contributed by atoms with Crippen molar-refractivity contribution >= 4 is 16.8 Å². The van der Waals surface area contributed by atoms with E-state index in [1.807, 2.05) is 33.3 Å². The Morgan fingerprint density at radius 1 is 1.18 bits per heavy atom. The highest BCUT2D eigenvalue weighted by Crippen LogP contribution is 2.48. The molecule has 1 atom stereocenters. The number of rotatable bonds is 6. The Bertz CT molecular complexity index is 1000. The molecular weight excluding hydrogens is 353 g/mol. The van der Waals surface area contributed by atoms with Gasteiger partial charge < -0.3 is 14.8 Å². The first kappa shape index (κ1) is 18.7. The molecule has 1 aliphatic rings. The van der Waals surface area contributed by atoms with Crippen molar-refractivity contribution in [1.82, 2.24) is 14.8 Å². The molecule has 1 unspecified atom stereocenters. The van der Waals surface area contributed by atoms with Crippen molar-refractivity contribution in [2.24, 2.45) is 7.05 Å².